The molecule has 0 amide bonds. The fourth-order valence-corrected chi connectivity index (χ4v) is 5.49. The molecule has 0 N–H and O–H groups in total. The van der Waals surface area contributed by atoms with Gasteiger partial charge in [-0.2, -0.15) is 0 Å². The first-order chi connectivity index (χ1) is 20.3. The number of nitrogens with zero attached hydrogens (tertiary/aromatic N) is 4. The van der Waals surface area contributed by atoms with Crippen molar-refractivity contribution < 1.29 is 28.6 Å². The fourth-order valence-electron chi connectivity index (χ4n) is 5.49. The third-order valence-electron chi connectivity index (χ3n) is 7.87. The van der Waals surface area contributed by atoms with Gasteiger partial charge in [0.25, 0.3) is 0 Å². The summed E-state index contributed by atoms with van der Waals surface area (Å²) in [5, 5.41) is 0.313. The Morgan fingerprint density at radius 1 is 0.905 bits per heavy atom. The maximum absolute atomic E-state index is 13.8. The molecule has 11 heteroatoms. The number of pyridine rings is 1. The van der Waals surface area contributed by atoms with Crippen molar-refractivity contribution in [3.63, 3.8) is 0 Å². The predicted molar refractivity (Wildman–Crippen MR) is 159 cm³/mol. The lowest BCUT2D eigenvalue weighted by Crippen LogP contribution is -2.46. The third kappa shape index (κ3) is 5.44. The SMILES string of the molecule is CCOC(=O)c1cn(C2CC2)c2cc(N3CCN(CC)CC3)c(N3C=CC=CC(C(=O)OC)=C3C(=O)OC)cc2c1=O. The Kier molecular flexibility index (Phi) is 8.49. The summed E-state index contributed by atoms with van der Waals surface area (Å²) in [5.74, 6) is -2.13. The molecule has 1 aliphatic carbocycles. The van der Waals surface area contributed by atoms with Gasteiger partial charge in [-0.05, 0) is 50.6 Å². The van der Waals surface area contributed by atoms with Crippen LogP contribution in [0.25, 0.3) is 10.9 Å². The number of rotatable bonds is 8. The van der Waals surface area contributed by atoms with Gasteiger partial charge in [0.1, 0.15) is 11.3 Å². The summed E-state index contributed by atoms with van der Waals surface area (Å²) in [6.07, 6.45) is 9.96. The number of methoxy groups -OCH3 is 2. The zero-order chi connectivity index (χ0) is 30.0. The minimum absolute atomic E-state index is 0.00636. The summed E-state index contributed by atoms with van der Waals surface area (Å²) in [6.45, 7) is 8.03. The van der Waals surface area contributed by atoms with Gasteiger partial charge >= 0.3 is 17.9 Å². The number of fused-ring (bicyclic) bond motifs is 1. The smallest absolute Gasteiger partial charge is 0.355 e. The number of ether oxygens (including phenoxy) is 3. The summed E-state index contributed by atoms with van der Waals surface area (Å²) in [4.78, 5) is 58.9. The maximum atomic E-state index is 13.8. The third-order valence-corrected chi connectivity index (χ3v) is 7.87. The van der Waals surface area contributed by atoms with Gasteiger partial charge in [-0.3, -0.25) is 4.79 Å². The second kappa shape index (κ2) is 12.2. The first-order valence-electron chi connectivity index (χ1n) is 14.2. The van der Waals surface area contributed by atoms with E-state index in [1.165, 1.54) is 20.3 Å². The number of hydrogen-bond donors (Lipinski definition) is 0. The molecule has 3 heterocycles. The number of hydrogen-bond acceptors (Lipinski definition) is 10. The van der Waals surface area contributed by atoms with Crippen molar-refractivity contribution in [1.29, 1.82) is 0 Å². The highest BCUT2D eigenvalue weighted by Crippen LogP contribution is 2.42. The van der Waals surface area contributed by atoms with Crippen molar-refractivity contribution in [2.75, 3.05) is 63.4 Å². The Bertz CT molecular complexity index is 1560. The van der Waals surface area contributed by atoms with Crippen LogP contribution in [0, 0.1) is 0 Å². The number of piperazine rings is 1. The summed E-state index contributed by atoms with van der Waals surface area (Å²) in [7, 11) is 2.48. The fraction of sp³-hybridized carbons (Fsp3) is 0.419. The van der Waals surface area contributed by atoms with Crippen LogP contribution in [0.3, 0.4) is 0 Å². The quantitative estimate of drug-likeness (QED) is 0.343. The van der Waals surface area contributed by atoms with E-state index in [1.54, 1.807) is 42.4 Å². The van der Waals surface area contributed by atoms with Gasteiger partial charge in [-0.15, -0.1) is 0 Å². The maximum Gasteiger partial charge on any atom is 0.355 e. The van der Waals surface area contributed by atoms with Crippen LogP contribution in [0.15, 0.2) is 58.8 Å². The summed E-state index contributed by atoms with van der Waals surface area (Å²) >= 11 is 0. The monoisotopic (exact) mass is 576 g/mol. The second-order valence-electron chi connectivity index (χ2n) is 10.3. The molecule has 1 saturated heterocycles. The average Bonchev–Trinajstić information content (AvgIpc) is 3.87. The molecule has 5 rings (SSSR count). The van der Waals surface area contributed by atoms with Gasteiger partial charge in [-0.1, -0.05) is 13.0 Å². The highest BCUT2D eigenvalue weighted by atomic mass is 16.5. The van der Waals surface area contributed by atoms with Crippen molar-refractivity contribution in [2.45, 2.75) is 32.7 Å². The number of allylic oxidation sites excluding steroid dienone is 2. The topological polar surface area (TPSA) is 111 Å². The minimum atomic E-state index is -0.746. The Morgan fingerprint density at radius 3 is 2.24 bits per heavy atom. The van der Waals surface area contributed by atoms with E-state index >= 15 is 0 Å². The number of anilines is 2. The average molecular weight is 577 g/mol. The molecule has 0 spiro atoms. The largest absolute Gasteiger partial charge is 0.465 e. The number of likely N-dealkylation sites (N-methyl/N-ethyl adjacent to an activating group) is 1. The zero-order valence-electron chi connectivity index (χ0n) is 24.4. The summed E-state index contributed by atoms with van der Waals surface area (Å²) < 4.78 is 17.3. The number of benzene rings is 1. The summed E-state index contributed by atoms with van der Waals surface area (Å²) in [5.41, 5.74) is 1.43. The molecule has 11 nitrogen and oxygen atoms in total. The normalized spacial score (nSPS) is 17.4. The van der Waals surface area contributed by atoms with Gasteiger partial charge in [0.2, 0.25) is 5.43 Å². The first-order valence-corrected chi connectivity index (χ1v) is 14.2. The van der Waals surface area contributed by atoms with Crippen molar-refractivity contribution >= 4 is 40.2 Å². The number of carbonyl (C=O) groups excluding carboxylic acids is 3. The van der Waals surface area contributed by atoms with E-state index in [1.807, 2.05) is 10.6 Å². The highest BCUT2D eigenvalue weighted by molar-refractivity contribution is 6.07. The van der Waals surface area contributed by atoms with Gasteiger partial charge < -0.3 is 33.5 Å². The standard InChI is InChI=1S/C31H36N4O7/c1-5-32-13-15-33(16-14-32)25-18-24-22(28(36)23(30(38)42-6-2)19-35(24)20-10-11-20)17-26(25)34-12-8-7-9-21(29(37)40-3)27(34)31(39)41-4/h7-9,12,17-20H,5-6,10-11,13-16H2,1-4H3. The highest BCUT2D eigenvalue weighted by Gasteiger charge is 2.33. The molecule has 0 unspecified atom stereocenters. The van der Waals surface area contributed by atoms with Crippen molar-refractivity contribution in [1.82, 2.24) is 9.47 Å². The van der Waals surface area contributed by atoms with Crippen LogP contribution >= 0.6 is 0 Å². The molecule has 0 atom stereocenters. The van der Waals surface area contributed by atoms with Crippen LogP contribution in [-0.2, 0) is 23.8 Å². The Labute approximate surface area is 244 Å². The lowest BCUT2D eigenvalue weighted by Gasteiger charge is -2.38. The molecule has 222 valence electrons. The van der Waals surface area contributed by atoms with E-state index in [4.69, 9.17) is 14.2 Å². The van der Waals surface area contributed by atoms with Crippen LogP contribution < -0.4 is 15.2 Å². The number of aromatic nitrogens is 1. The molecule has 2 aromatic rings. The minimum Gasteiger partial charge on any atom is -0.465 e. The molecule has 0 radical (unpaired) electrons. The molecule has 2 aliphatic heterocycles. The Morgan fingerprint density at radius 2 is 1.62 bits per heavy atom. The lowest BCUT2D eigenvalue weighted by molar-refractivity contribution is -0.139. The molecule has 42 heavy (non-hydrogen) atoms. The molecule has 3 aliphatic rings. The van der Waals surface area contributed by atoms with Crippen molar-refractivity contribution in [3.8, 4) is 0 Å². The van der Waals surface area contributed by atoms with Gasteiger partial charge in [0.05, 0.1) is 43.3 Å². The second-order valence-corrected chi connectivity index (χ2v) is 10.3. The van der Waals surface area contributed by atoms with Crippen LogP contribution in [-0.4, -0.2) is 80.9 Å². The van der Waals surface area contributed by atoms with Gasteiger partial charge in [0, 0.05) is 50.0 Å². The Hall–Kier alpha value is -4.38. The van der Waals surface area contributed by atoms with E-state index in [2.05, 4.69) is 16.7 Å². The lowest BCUT2D eigenvalue weighted by atomic mass is 10.1. The van der Waals surface area contributed by atoms with Crippen LogP contribution in [0.2, 0.25) is 0 Å². The summed E-state index contributed by atoms with van der Waals surface area (Å²) in [6, 6.07) is 3.82. The van der Waals surface area contributed by atoms with E-state index in [9.17, 15) is 19.2 Å². The van der Waals surface area contributed by atoms with E-state index < -0.39 is 23.3 Å². The van der Waals surface area contributed by atoms with Crippen LogP contribution in [0.5, 0.6) is 0 Å². The van der Waals surface area contributed by atoms with Crippen LogP contribution in [0.4, 0.5) is 11.4 Å². The van der Waals surface area contributed by atoms with E-state index in [0.29, 0.717) is 16.6 Å². The van der Waals surface area contributed by atoms with Gasteiger partial charge in [-0.25, -0.2) is 14.4 Å². The van der Waals surface area contributed by atoms with E-state index in [0.717, 1.165) is 51.3 Å². The molecule has 1 aromatic carbocycles. The Balaban J connectivity index is 1.81. The molecule has 0 bridgehead atoms. The van der Waals surface area contributed by atoms with Crippen molar-refractivity contribution in [3.05, 3.63) is 69.8 Å². The molecular weight excluding hydrogens is 540 g/mol. The van der Waals surface area contributed by atoms with Gasteiger partial charge in [0.15, 0.2) is 0 Å². The van der Waals surface area contributed by atoms with Crippen LogP contribution in [0.1, 0.15) is 43.1 Å². The zero-order valence-corrected chi connectivity index (χ0v) is 24.4. The van der Waals surface area contributed by atoms with E-state index in [-0.39, 0.29) is 29.5 Å². The molecule has 1 saturated carbocycles. The molecule has 1 aromatic heterocycles. The number of carbonyl (C=O) groups is 3. The number of esters is 3. The predicted octanol–water partition coefficient (Wildman–Crippen LogP) is 3.15. The molecule has 2 fully saturated rings. The van der Waals surface area contributed by atoms with Crippen molar-refractivity contribution in [2.24, 2.45) is 0 Å². The first kappa shape index (κ1) is 29.1. The molecular formula is C31H36N4O7.